The van der Waals surface area contributed by atoms with Crippen molar-refractivity contribution in [1.29, 1.82) is 0 Å². The van der Waals surface area contributed by atoms with Crippen molar-refractivity contribution in [2.75, 3.05) is 12.4 Å². The van der Waals surface area contributed by atoms with E-state index in [1.165, 1.54) is 0 Å². The van der Waals surface area contributed by atoms with Gasteiger partial charge in [0.25, 0.3) is 5.91 Å². The van der Waals surface area contributed by atoms with Gasteiger partial charge in [-0.1, -0.05) is 0 Å². The molecule has 0 saturated heterocycles. The number of aryl methyl sites for hydroxylation is 1. The standard InChI is InChI=1S/C21H17IN4O2/c1-13-11-19-20(25-26(24-19)16-7-9-17(28-2)10-8-16)12-18(13)23-21(27)14-3-5-15(22)6-4-14/h3-12H,1-2H3,(H,23,27). The summed E-state index contributed by atoms with van der Waals surface area (Å²) in [6.45, 7) is 1.94. The molecule has 0 fully saturated rings. The van der Waals surface area contributed by atoms with E-state index in [2.05, 4.69) is 38.1 Å². The summed E-state index contributed by atoms with van der Waals surface area (Å²) in [6, 6.07) is 18.7. The van der Waals surface area contributed by atoms with Gasteiger partial charge in [-0.3, -0.25) is 4.79 Å². The number of fused-ring (bicyclic) bond motifs is 1. The Balaban J connectivity index is 1.63. The summed E-state index contributed by atoms with van der Waals surface area (Å²) in [5.41, 5.74) is 4.56. The van der Waals surface area contributed by atoms with Gasteiger partial charge in [-0.15, -0.1) is 10.2 Å². The maximum Gasteiger partial charge on any atom is 0.255 e. The van der Waals surface area contributed by atoms with E-state index in [1.807, 2.05) is 67.6 Å². The summed E-state index contributed by atoms with van der Waals surface area (Å²) in [6.07, 6.45) is 0. The van der Waals surface area contributed by atoms with E-state index < -0.39 is 0 Å². The van der Waals surface area contributed by atoms with E-state index in [1.54, 1.807) is 11.9 Å². The molecule has 0 aliphatic rings. The van der Waals surface area contributed by atoms with E-state index in [0.29, 0.717) is 11.1 Å². The average molecular weight is 484 g/mol. The predicted molar refractivity (Wildman–Crippen MR) is 117 cm³/mol. The second-order valence-corrected chi connectivity index (χ2v) is 7.55. The number of amides is 1. The Kier molecular flexibility index (Phi) is 4.99. The van der Waals surface area contributed by atoms with Crippen LogP contribution in [0.5, 0.6) is 5.75 Å². The monoisotopic (exact) mass is 484 g/mol. The van der Waals surface area contributed by atoms with Crippen molar-refractivity contribution in [1.82, 2.24) is 15.0 Å². The lowest BCUT2D eigenvalue weighted by Crippen LogP contribution is -2.12. The maximum absolute atomic E-state index is 12.5. The first-order valence-corrected chi connectivity index (χ1v) is 9.70. The van der Waals surface area contributed by atoms with Crippen molar-refractivity contribution in [2.45, 2.75) is 6.92 Å². The van der Waals surface area contributed by atoms with Gasteiger partial charge >= 0.3 is 0 Å². The minimum Gasteiger partial charge on any atom is -0.497 e. The molecule has 1 N–H and O–H groups in total. The normalized spacial score (nSPS) is 10.8. The number of nitrogens with zero attached hydrogens (tertiary/aromatic N) is 3. The molecular weight excluding hydrogens is 467 g/mol. The molecule has 0 bridgehead atoms. The Bertz CT molecular complexity index is 1150. The van der Waals surface area contributed by atoms with Crippen molar-refractivity contribution in [3.63, 3.8) is 0 Å². The van der Waals surface area contributed by atoms with Crippen molar-refractivity contribution in [2.24, 2.45) is 0 Å². The van der Waals surface area contributed by atoms with Crippen LogP contribution in [-0.4, -0.2) is 28.0 Å². The number of rotatable bonds is 4. The van der Waals surface area contributed by atoms with Crippen LogP contribution in [0.15, 0.2) is 60.7 Å². The Labute approximate surface area is 175 Å². The number of carbonyl (C=O) groups is 1. The van der Waals surface area contributed by atoms with Crippen molar-refractivity contribution in [3.05, 3.63) is 75.4 Å². The number of aromatic nitrogens is 3. The van der Waals surface area contributed by atoms with Crippen LogP contribution < -0.4 is 10.1 Å². The molecule has 0 radical (unpaired) electrons. The third-order valence-corrected chi connectivity index (χ3v) is 5.10. The lowest BCUT2D eigenvalue weighted by atomic mass is 10.1. The number of carbonyl (C=O) groups excluding carboxylic acids is 1. The second-order valence-electron chi connectivity index (χ2n) is 6.30. The summed E-state index contributed by atoms with van der Waals surface area (Å²) in [5.74, 6) is 0.623. The molecule has 28 heavy (non-hydrogen) atoms. The van der Waals surface area contributed by atoms with Crippen molar-refractivity contribution in [3.8, 4) is 11.4 Å². The molecule has 1 aromatic heterocycles. The molecule has 0 unspecified atom stereocenters. The number of ether oxygens (including phenoxy) is 1. The van der Waals surface area contributed by atoms with Crippen LogP contribution in [0.4, 0.5) is 5.69 Å². The van der Waals surface area contributed by atoms with Crippen LogP contribution in [0.1, 0.15) is 15.9 Å². The van der Waals surface area contributed by atoms with Crippen LogP contribution in [-0.2, 0) is 0 Å². The Hall–Kier alpha value is -2.94. The van der Waals surface area contributed by atoms with Gasteiger partial charge in [0.05, 0.1) is 12.8 Å². The van der Waals surface area contributed by atoms with Gasteiger partial charge in [-0.2, -0.15) is 4.80 Å². The fourth-order valence-corrected chi connectivity index (χ4v) is 3.19. The highest BCUT2D eigenvalue weighted by molar-refractivity contribution is 14.1. The van der Waals surface area contributed by atoms with Gasteiger partial charge in [0, 0.05) is 14.8 Å². The fourth-order valence-electron chi connectivity index (χ4n) is 2.83. The zero-order valence-electron chi connectivity index (χ0n) is 15.3. The molecule has 7 heteroatoms. The highest BCUT2D eigenvalue weighted by Gasteiger charge is 2.12. The summed E-state index contributed by atoms with van der Waals surface area (Å²) in [7, 11) is 1.63. The SMILES string of the molecule is COc1ccc(-n2nc3cc(C)c(NC(=O)c4ccc(I)cc4)cc3n2)cc1. The quantitative estimate of drug-likeness (QED) is 0.431. The van der Waals surface area contributed by atoms with Gasteiger partial charge < -0.3 is 10.1 Å². The van der Waals surface area contributed by atoms with Crippen molar-refractivity contribution >= 4 is 45.2 Å². The minimum absolute atomic E-state index is 0.151. The lowest BCUT2D eigenvalue weighted by Gasteiger charge is -2.08. The second kappa shape index (κ2) is 7.59. The summed E-state index contributed by atoms with van der Waals surface area (Å²) < 4.78 is 6.27. The van der Waals surface area contributed by atoms with Gasteiger partial charge in [-0.25, -0.2) is 0 Å². The first-order valence-electron chi connectivity index (χ1n) is 8.62. The van der Waals surface area contributed by atoms with E-state index in [4.69, 9.17) is 4.74 Å². The van der Waals surface area contributed by atoms with Gasteiger partial charge in [0.1, 0.15) is 16.8 Å². The fraction of sp³-hybridized carbons (Fsp3) is 0.0952. The maximum atomic E-state index is 12.5. The van der Waals surface area contributed by atoms with Crippen LogP contribution in [0, 0.1) is 10.5 Å². The molecule has 0 aliphatic carbocycles. The summed E-state index contributed by atoms with van der Waals surface area (Å²) in [5, 5.41) is 12.1. The van der Waals surface area contributed by atoms with Crippen LogP contribution >= 0.6 is 22.6 Å². The molecule has 140 valence electrons. The third kappa shape index (κ3) is 3.70. The number of halogens is 1. The lowest BCUT2D eigenvalue weighted by molar-refractivity contribution is 0.102. The van der Waals surface area contributed by atoms with Gasteiger partial charge in [0.15, 0.2) is 0 Å². The number of anilines is 1. The molecule has 0 saturated carbocycles. The van der Waals surface area contributed by atoms with Crippen LogP contribution in [0.2, 0.25) is 0 Å². The topological polar surface area (TPSA) is 69.0 Å². The molecule has 1 heterocycles. The van der Waals surface area contributed by atoms with Crippen LogP contribution in [0.3, 0.4) is 0 Å². The summed E-state index contributed by atoms with van der Waals surface area (Å²) in [4.78, 5) is 14.1. The highest BCUT2D eigenvalue weighted by Crippen LogP contribution is 2.23. The predicted octanol–water partition coefficient (Wildman–Crippen LogP) is 4.59. The smallest absolute Gasteiger partial charge is 0.255 e. The molecule has 0 spiro atoms. The van der Waals surface area contributed by atoms with E-state index >= 15 is 0 Å². The molecule has 6 nitrogen and oxygen atoms in total. The zero-order valence-corrected chi connectivity index (χ0v) is 17.5. The number of methoxy groups -OCH3 is 1. The Morgan fingerprint density at radius 1 is 1.00 bits per heavy atom. The Morgan fingerprint density at radius 2 is 1.64 bits per heavy atom. The summed E-state index contributed by atoms with van der Waals surface area (Å²) >= 11 is 2.21. The Morgan fingerprint density at radius 3 is 2.29 bits per heavy atom. The molecule has 3 aromatic carbocycles. The number of hydrogen-bond acceptors (Lipinski definition) is 4. The largest absolute Gasteiger partial charge is 0.497 e. The molecule has 1 amide bonds. The average Bonchev–Trinajstić information content (AvgIpc) is 3.11. The third-order valence-electron chi connectivity index (χ3n) is 4.38. The molecule has 4 aromatic rings. The molecular formula is C21H17IN4O2. The first kappa shape index (κ1) is 18.4. The zero-order chi connectivity index (χ0) is 19.7. The number of hydrogen-bond donors (Lipinski definition) is 1. The molecule has 0 aliphatic heterocycles. The van der Waals surface area contributed by atoms with Crippen molar-refractivity contribution < 1.29 is 9.53 Å². The molecule has 4 rings (SSSR count). The first-order chi connectivity index (χ1) is 13.5. The minimum atomic E-state index is -0.151. The van der Waals surface area contributed by atoms with E-state index in [9.17, 15) is 4.79 Å². The highest BCUT2D eigenvalue weighted by atomic mass is 127. The number of benzene rings is 3. The van der Waals surface area contributed by atoms with E-state index in [-0.39, 0.29) is 5.91 Å². The van der Waals surface area contributed by atoms with E-state index in [0.717, 1.165) is 31.8 Å². The van der Waals surface area contributed by atoms with Crippen LogP contribution in [0.25, 0.3) is 16.7 Å². The molecule has 0 atom stereocenters. The van der Waals surface area contributed by atoms with Gasteiger partial charge in [0.2, 0.25) is 0 Å². The van der Waals surface area contributed by atoms with Gasteiger partial charge in [-0.05, 0) is 95.7 Å². The number of nitrogens with one attached hydrogen (secondary N) is 1.